The lowest BCUT2D eigenvalue weighted by atomic mass is 10.3. The number of hydrogen-bond donors (Lipinski definition) is 3. The minimum absolute atomic E-state index is 0. The largest absolute Gasteiger partial charge is 0.412 e. The normalized spacial score (nSPS) is 12.4. The molecule has 12 heavy (non-hydrogen) atoms. The van der Waals surface area contributed by atoms with Gasteiger partial charge in [0.15, 0.2) is 5.82 Å². The van der Waals surface area contributed by atoms with Crippen LogP contribution in [0.3, 0.4) is 0 Å². The van der Waals surface area contributed by atoms with Gasteiger partial charge in [-0.15, -0.1) is 0 Å². The third kappa shape index (κ3) is 1.17. The molecule has 2 heterocycles. The molecule has 1 aliphatic rings. The molecule has 6 heteroatoms. The van der Waals surface area contributed by atoms with Gasteiger partial charge in [0.25, 0.3) is 0 Å². The monoisotopic (exact) mass is 169 g/mol. The van der Waals surface area contributed by atoms with E-state index in [1.54, 1.807) is 0 Å². The van der Waals surface area contributed by atoms with Crippen molar-refractivity contribution in [1.82, 2.24) is 9.97 Å². The van der Waals surface area contributed by atoms with Crippen LogP contribution in [-0.2, 0) is 6.54 Å². The molecule has 0 fully saturated rings. The Morgan fingerprint density at radius 2 is 2.25 bits per heavy atom. The van der Waals surface area contributed by atoms with Crippen molar-refractivity contribution in [3.63, 3.8) is 0 Å². The standard InChI is InChI=1S/C6H9N5.H2O/c7-1-4-5-6(10-2-8-4)11-3-9-5;/h2,9H,1,3,7H2,(H,8,10,11);1H2. The summed E-state index contributed by atoms with van der Waals surface area (Å²) in [6.45, 7) is 1.15. The molecule has 1 aliphatic heterocycles. The summed E-state index contributed by atoms with van der Waals surface area (Å²) in [5.74, 6) is 0.848. The molecule has 0 radical (unpaired) electrons. The van der Waals surface area contributed by atoms with E-state index in [1.165, 1.54) is 6.33 Å². The number of nitrogens with one attached hydrogen (secondary N) is 2. The fourth-order valence-corrected chi connectivity index (χ4v) is 1.11. The molecule has 0 unspecified atom stereocenters. The lowest BCUT2D eigenvalue weighted by molar-refractivity contribution is 0.824. The topological polar surface area (TPSA) is 107 Å². The number of anilines is 2. The van der Waals surface area contributed by atoms with Crippen LogP contribution in [0.1, 0.15) is 5.69 Å². The number of hydrogen-bond acceptors (Lipinski definition) is 5. The molecule has 0 saturated heterocycles. The summed E-state index contributed by atoms with van der Waals surface area (Å²) in [6.07, 6.45) is 1.51. The minimum atomic E-state index is 0. The van der Waals surface area contributed by atoms with E-state index in [-0.39, 0.29) is 5.48 Å². The zero-order chi connectivity index (χ0) is 7.68. The Morgan fingerprint density at radius 3 is 3.00 bits per heavy atom. The van der Waals surface area contributed by atoms with Gasteiger partial charge in [-0.05, 0) is 0 Å². The number of rotatable bonds is 1. The Kier molecular flexibility index (Phi) is 2.41. The van der Waals surface area contributed by atoms with E-state index >= 15 is 0 Å². The Hall–Kier alpha value is -1.40. The fraction of sp³-hybridized carbons (Fsp3) is 0.333. The van der Waals surface area contributed by atoms with Gasteiger partial charge >= 0.3 is 0 Å². The molecule has 6 nitrogen and oxygen atoms in total. The lowest BCUT2D eigenvalue weighted by Crippen LogP contribution is -2.04. The highest BCUT2D eigenvalue weighted by Crippen LogP contribution is 2.24. The molecule has 0 saturated carbocycles. The van der Waals surface area contributed by atoms with E-state index in [0.717, 1.165) is 17.2 Å². The van der Waals surface area contributed by atoms with Crippen LogP contribution in [0, 0.1) is 0 Å². The second-order valence-corrected chi connectivity index (χ2v) is 2.28. The first-order valence-electron chi connectivity index (χ1n) is 3.43. The zero-order valence-corrected chi connectivity index (χ0v) is 6.46. The maximum absolute atomic E-state index is 5.46. The fourth-order valence-electron chi connectivity index (χ4n) is 1.11. The first-order valence-corrected chi connectivity index (χ1v) is 3.43. The molecule has 6 N–H and O–H groups in total. The minimum Gasteiger partial charge on any atom is -0.412 e. The highest BCUT2D eigenvalue weighted by atomic mass is 16.0. The van der Waals surface area contributed by atoms with Crippen LogP contribution < -0.4 is 16.4 Å². The maximum atomic E-state index is 5.46. The first kappa shape index (κ1) is 8.69. The third-order valence-electron chi connectivity index (χ3n) is 1.64. The molecule has 2 rings (SSSR count). The Balaban J connectivity index is 0.000000720. The van der Waals surface area contributed by atoms with Gasteiger partial charge in [-0.2, -0.15) is 0 Å². The SMILES string of the molecule is NCc1ncnc2c1NCN2.O. The van der Waals surface area contributed by atoms with E-state index < -0.39 is 0 Å². The molecule has 1 aromatic heterocycles. The van der Waals surface area contributed by atoms with Crippen LogP contribution in [-0.4, -0.2) is 22.1 Å². The number of nitrogens with two attached hydrogens (primary N) is 1. The molecule has 0 aliphatic carbocycles. The summed E-state index contributed by atoms with van der Waals surface area (Å²) in [6, 6.07) is 0. The molecular formula is C6H11N5O. The Labute approximate surface area is 69.5 Å². The number of nitrogens with zero attached hydrogens (tertiary/aromatic N) is 2. The van der Waals surface area contributed by atoms with Gasteiger partial charge in [0, 0.05) is 6.54 Å². The van der Waals surface area contributed by atoms with Crippen molar-refractivity contribution in [2.24, 2.45) is 5.73 Å². The summed E-state index contributed by atoms with van der Waals surface area (Å²) < 4.78 is 0. The van der Waals surface area contributed by atoms with Crippen molar-refractivity contribution in [1.29, 1.82) is 0 Å². The highest BCUT2D eigenvalue weighted by Gasteiger charge is 2.13. The summed E-state index contributed by atoms with van der Waals surface area (Å²) in [5.41, 5.74) is 7.27. The van der Waals surface area contributed by atoms with Crippen LogP contribution in [0.4, 0.5) is 11.5 Å². The zero-order valence-electron chi connectivity index (χ0n) is 6.46. The van der Waals surface area contributed by atoms with Crippen LogP contribution in [0.15, 0.2) is 6.33 Å². The molecular weight excluding hydrogens is 158 g/mol. The molecule has 0 bridgehead atoms. The van der Waals surface area contributed by atoms with Crippen molar-refractivity contribution in [3.05, 3.63) is 12.0 Å². The van der Waals surface area contributed by atoms with Gasteiger partial charge < -0.3 is 21.8 Å². The van der Waals surface area contributed by atoms with E-state index in [4.69, 9.17) is 5.73 Å². The van der Waals surface area contributed by atoms with Crippen molar-refractivity contribution in [3.8, 4) is 0 Å². The molecule has 0 spiro atoms. The van der Waals surface area contributed by atoms with Crippen LogP contribution in [0.25, 0.3) is 0 Å². The third-order valence-corrected chi connectivity index (χ3v) is 1.64. The molecule has 0 amide bonds. The van der Waals surface area contributed by atoms with Crippen LogP contribution >= 0.6 is 0 Å². The van der Waals surface area contributed by atoms with Gasteiger partial charge in [-0.3, -0.25) is 0 Å². The Morgan fingerprint density at radius 1 is 1.42 bits per heavy atom. The van der Waals surface area contributed by atoms with E-state index in [1.807, 2.05) is 0 Å². The van der Waals surface area contributed by atoms with E-state index in [2.05, 4.69) is 20.6 Å². The maximum Gasteiger partial charge on any atom is 0.154 e. The molecule has 0 aromatic carbocycles. The summed E-state index contributed by atoms with van der Waals surface area (Å²) in [7, 11) is 0. The Bertz CT molecular complexity index is 277. The summed E-state index contributed by atoms with van der Waals surface area (Å²) in [5, 5.41) is 6.16. The summed E-state index contributed by atoms with van der Waals surface area (Å²) in [4.78, 5) is 8.06. The average molecular weight is 169 g/mol. The number of fused-ring (bicyclic) bond motifs is 1. The molecule has 0 atom stereocenters. The second-order valence-electron chi connectivity index (χ2n) is 2.28. The second kappa shape index (κ2) is 3.33. The van der Waals surface area contributed by atoms with Crippen molar-refractivity contribution < 1.29 is 5.48 Å². The smallest absolute Gasteiger partial charge is 0.154 e. The van der Waals surface area contributed by atoms with Gasteiger partial charge in [0.1, 0.15) is 12.0 Å². The first-order chi connectivity index (χ1) is 5.42. The quantitative estimate of drug-likeness (QED) is 0.495. The van der Waals surface area contributed by atoms with E-state index in [0.29, 0.717) is 13.2 Å². The van der Waals surface area contributed by atoms with Crippen molar-refractivity contribution >= 4 is 11.5 Å². The average Bonchev–Trinajstić information content (AvgIpc) is 2.50. The predicted octanol–water partition coefficient (Wildman–Crippen LogP) is -1.09. The lowest BCUT2D eigenvalue weighted by Gasteiger charge is -2.01. The van der Waals surface area contributed by atoms with Gasteiger partial charge in [-0.1, -0.05) is 0 Å². The molecule has 66 valence electrons. The van der Waals surface area contributed by atoms with Gasteiger partial charge in [0.05, 0.1) is 12.4 Å². The van der Waals surface area contributed by atoms with Crippen molar-refractivity contribution in [2.75, 3.05) is 17.3 Å². The van der Waals surface area contributed by atoms with Gasteiger partial charge in [-0.25, -0.2) is 9.97 Å². The van der Waals surface area contributed by atoms with Crippen LogP contribution in [0.5, 0.6) is 0 Å². The van der Waals surface area contributed by atoms with E-state index in [9.17, 15) is 0 Å². The van der Waals surface area contributed by atoms with Gasteiger partial charge in [0.2, 0.25) is 0 Å². The molecule has 1 aromatic rings. The summed E-state index contributed by atoms with van der Waals surface area (Å²) >= 11 is 0. The van der Waals surface area contributed by atoms with Crippen LogP contribution in [0.2, 0.25) is 0 Å². The number of aromatic nitrogens is 2. The van der Waals surface area contributed by atoms with Crippen molar-refractivity contribution in [2.45, 2.75) is 6.54 Å². The predicted molar refractivity (Wildman–Crippen MR) is 45.6 cm³/mol. The highest BCUT2D eigenvalue weighted by molar-refractivity contribution is 5.70.